The summed E-state index contributed by atoms with van der Waals surface area (Å²) >= 11 is 0. The average molecular weight is 262 g/mol. The van der Waals surface area contributed by atoms with Crippen LogP contribution in [0.15, 0.2) is 0 Å². The molecule has 0 aromatic heterocycles. The van der Waals surface area contributed by atoms with Crippen molar-refractivity contribution in [2.75, 3.05) is 7.05 Å². The highest BCUT2D eigenvalue weighted by molar-refractivity contribution is 5.19. The Labute approximate surface area is 119 Å². The van der Waals surface area contributed by atoms with E-state index in [2.05, 4.69) is 39.1 Å². The fourth-order valence-electron chi connectivity index (χ4n) is 6.06. The second kappa shape index (κ2) is 4.33. The molecule has 1 nitrogen and oxygen atoms in total. The van der Waals surface area contributed by atoms with Gasteiger partial charge in [0.2, 0.25) is 0 Å². The molecule has 4 bridgehead atoms. The van der Waals surface area contributed by atoms with Crippen LogP contribution < -0.4 is 0 Å². The van der Waals surface area contributed by atoms with E-state index in [1.807, 2.05) is 0 Å². The summed E-state index contributed by atoms with van der Waals surface area (Å²) in [6.07, 6.45) is 10.3. The summed E-state index contributed by atoms with van der Waals surface area (Å²) in [7, 11) is 2.24. The molecule has 4 fully saturated rings. The fraction of sp³-hybridized carbons (Fsp3) is 0.944. The molecule has 0 spiro atoms. The Bertz CT molecular complexity index is 385. The van der Waals surface area contributed by atoms with Crippen molar-refractivity contribution in [1.29, 1.82) is 0 Å². The lowest BCUT2D eigenvalue weighted by atomic mass is 9.42. The smallest absolute Gasteiger partial charge is 0.165 e. The second-order valence-corrected chi connectivity index (χ2v) is 8.67. The highest BCUT2D eigenvalue weighted by Crippen LogP contribution is 2.66. The van der Waals surface area contributed by atoms with E-state index in [1.54, 1.807) is 0 Å². The van der Waals surface area contributed by atoms with Crippen LogP contribution in [-0.2, 0) is 0 Å². The molecule has 4 aliphatic rings. The van der Waals surface area contributed by atoms with Crippen molar-refractivity contribution < 1.29 is 4.58 Å². The summed E-state index contributed by atoms with van der Waals surface area (Å²) in [6.45, 7) is 11.6. The lowest BCUT2D eigenvalue weighted by Gasteiger charge is -2.62. The van der Waals surface area contributed by atoms with Crippen LogP contribution in [-0.4, -0.2) is 23.9 Å². The first-order chi connectivity index (χ1) is 8.87. The number of rotatable bonds is 4. The normalized spacial score (nSPS) is 47.9. The minimum atomic E-state index is 0.432. The monoisotopic (exact) mass is 262 g/mol. The lowest BCUT2D eigenvalue weighted by molar-refractivity contribution is -0.609. The van der Waals surface area contributed by atoms with Gasteiger partial charge in [0.15, 0.2) is 5.54 Å². The van der Waals surface area contributed by atoms with Crippen molar-refractivity contribution in [2.45, 2.75) is 71.3 Å². The molecule has 0 aliphatic heterocycles. The molecule has 0 aromatic rings. The van der Waals surface area contributed by atoms with Gasteiger partial charge in [0.05, 0.1) is 0 Å². The third kappa shape index (κ3) is 1.99. The van der Waals surface area contributed by atoms with Crippen LogP contribution in [0.1, 0.15) is 65.7 Å². The Morgan fingerprint density at radius 3 is 2.63 bits per heavy atom. The Hall–Kier alpha value is -0.330. The number of hydrogen-bond donors (Lipinski definition) is 0. The summed E-state index contributed by atoms with van der Waals surface area (Å²) in [5.74, 6) is 3.70. The minimum absolute atomic E-state index is 0.432. The van der Waals surface area contributed by atoms with E-state index < -0.39 is 0 Å². The van der Waals surface area contributed by atoms with Gasteiger partial charge in [-0.3, -0.25) is 0 Å². The molecule has 0 radical (unpaired) electrons. The zero-order valence-electron chi connectivity index (χ0n) is 13.4. The fourth-order valence-corrected chi connectivity index (χ4v) is 6.06. The van der Waals surface area contributed by atoms with E-state index in [4.69, 9.17) is 0 Å². The third-order valence-corrected chi connectivity index (χ3v) is 6.94. The summed E-state index contributed by atoms with van der Waals surface area (Å²) < 4.78 is 2.36. The van der Waals surface area contributed by atoms with E-state index in [9.17, 15) is 0 Å². The maximum Gasteiger partial charge on any atom is 0.165 e. The van der Waals surface area contributed by atoms with Crippen molar-refractivity contribution in [3.05, 3.63) is 0 Å². The van der Waals surface area contributed by atoms with E-state index in [-0.39, 0.29) is 0 Å². The van der Waals surface area contributed by atoms with Crippen LogP contribution in [0.2, 0.25) is 0 Å². The molecule has 0 aromatic carbocycles. The predicted molar refractivity (Wildman–Crippen MR) is 81.8 cm³/mol. The highest BCUT2D eigenvalue weighted by atomic mass is 15.1. The van der Waals surface area contributed by atoms with Gasteiger partial charge in [0, 0.05) is 18.8 Å². The van der Waals surface area contributed by atoms with Crippen molar-refractivity contribution in [1.82, 2.24) is 0 Å². The average Bonchev–Trinajstić information content (AvgIpc) is 2.32. The topological polar surface area (TPSA) is 3.01 Å². The summed E-state index contributed by atoms with van der Waals surface area (Å²) in [5, 5.41) is 0. The zero-order chi connectivity index (χ0) is 13.8. The van der Waals surface area contributed by atoms with Gasteiger partial charge in [-0.2, -0.15) is 0 Å². The van der Waals surface area contributed by atoms with Crippen LogP contribution >= 0.6 is 0 Å². The van der Waals surface area contributed by atoms with Crippen molar-refractivity contribution in [3.63, 3.8) is 0 Å². The van der Waals surface area contributed by atoms with Gasteiger partial charge < -0.3 is 0 Å². The maximum atomic E-state index is 4.34. The van der Waals surface area contributed by atoms with Crippen LogP contribution in [0.5, 0.6) is 0 Å². The number of hydrogen-bond acceptors (Lipinski definition) is 0. The van der Waals surface area contributed by atoms with Gasteiger partial charge in [-0.05, 0) is 48.9 Å². The molecule has 5 atom stereocenters. The molecule has 5 unspecified atom stereocenters. The van der Waals surface area contributed by atoms with Crippen LogP contribution in [0, 0.1) is 29.1 Å². The van der Waals surface area contributed by atoms with Crippen molar-refractivity contribution in [3.8, 4) is 0 Å². The van der Waals surface area contributed by atoms with E-state index >= 15 is 0 Å². The van der Waals surface area contributed by atoms with Gasteiger partial charge in [-0.15, -0.1) is 0 Å². The molecular formula is C18H32N+. The molecule has 0 N–H and O–H groups in total. The Kier molecular flexibility index (Phi) is 3.11. The third-order valence-electron chi connectivity index (χ3n) is 6.94. The molecule has 0 amide bonds. The highest BCUT2D eigenvalue weighted by Gasteiger charge is 2.64. The van der Waals surface area contributed by atoms with E-state index in [1.165, 1.54) is 44.9 Å². The summed E-state index contributed by atoms with van der Waals surface area (Å²) in [5.41, 5.74) is 1.11. The first-order valence-corrected chi connectivity index (χ1v) is 8.41. The molecule has 1 heteroatoms. The predicted octanol–water partition coefficient (Wildman–Crippen LogP) is 4.35. The van der Waals surface area contributed by atoms with Crippen molar-refractivity contribution >= 4 is 6.72 Å². The SMILES string of the molecule is C=[N+](C)C12CC3CC(CC(CCC(C)C)(C3)C1)C2C. The molecule has 0 saturated heterocycles. The molecular weight excluding hydrogens is 230 g/mol. The zero-order valence-corrected chi connectivity index (χ0v) is 13.4. The molecule has 108 valence electrons. The quantitative estimate of drug-likeness (QED) is 0.523. The Morgan fingerprint density at radius 1 is 1.26 bits per heavy atom. The summed E-state index contributed by atoms with van der Waals surface area (Å²) in [6, 6.07) is 0. The van der Waals surface area contributed by atoms with Crippen LogP contribution in [0.25, 0.3) is 0 Å². The van der Waals surface area contributed by atoms with Gasteiger partial charge in [-0.1, -0.05) is 27.2 Å². The van der Waals surface area contributed by atoms with Crippen LogP contribution in [0.4, 0.5) is 0 Å². The molecule has 4 saturated carbocycles. The van der Waals surface area contributed by atoms with Gasteiger partial charge in [-0.25, -0.2) is 4.58 Å². The summed E-state index contributed by atoms with van der Waals surface area (Å²) in [4.78, 5) is 0. The number of nitrogens with zero attached hydrogens (tertiary/aromatic N) is 1. The van der Waals surface area contributed by atoms with Crippen LogP contribution in [0.3, 0.4) is 0 Å². The lowest BCUT2D eigenvalue weighted by Crippen LogP contribution is -2.64. The van der Waals surface area contributed by atoms with Gasteiger partial charge >= 0.3 is 0 Å². The van der Waals surface area contributed by atoms with E-state index in [0.717, 1.165) is 23.7 Å². The largest absolute Gasteiger partial charge is 0.239 e. The Morgan fingerprint density at radius 2 is 2.00 bits per heavy atom. The Balaban J connectivity index is 1.88. The first kappa shape index (κ1) is 13.6. The van der Waals surface area contributed by atoms with Crippen molar-refractivity contribution in [2.24, 2.45) is 29.1 Å². The minimum Gasteiger partial charge on any atom is -0.239 e. The molecule has 4 aliphatic carbocycles. The standard InChI is InChI=1S/C18H32N/c1-13(2)6-7-17-9-15-8-16(11-17)14(3)18(10-15,12-17)19(4)5/h13-16H,4,6-12H2,1-3,5H3/q+1. The molecule has 19 heavy (non-hydrogen) atoms. The van der Waals surface area contributed by atoms with Gasteiger partial charge in [0.25, 0.3) is 0 Å². The second-order valence-electron chi connectivity index (χ2n) is 8.67. The van der Waals surface area contributed by atoms with E-state index in [0.29, 0.717) is 11.0 Å². The maximum absolute atomic E-state index is 4.34. The first-order valence-electron chi connectivity index (χ1n) is 8.41. The molecule has 4 rings (SSSR count). The van der Waals surface area contributed by atoms with Gasteiger partial charge in [0.1, 0.15) is 13.8 Å². The molecule has 0 heterocycles.